The molecule has 222 valence electrons. The maximum atomic E-state index is 7.22. The molecule has 0 saturated heterocycles. The van der Waals surface area contributed by atoms with Crippen molar-refractivity contribution in [2.45, 2.75) is 77.6 Å². The molecule has 41 heavy (non-hydrogen) atoms. The Hall–Kier alpha value is -2.42. The fourth-order valence-electron chi connectivity index (χ4n) is 5.62. The van der Waals surface area contributed by atoms with Gasteiger partial charge in [-0.1, -0.05) is 79.7 Å². The summed E-state index contributed by atoms with van der Waals surface area (Å²) in [4.78, 5) is 17.9. The molecule has 0 spiro atoms. The SMILES string of the molecule is CC(C)[SiH](c1ccc(-c2ccccn2)nc1)C(C)C.CC(C)[SiH](c1ccc(-c2ccccn2)nc1)C(C)C.[OH][Ru][OH]. The first-order valence-corrected chi connectivity index (χ1v) is 19.6. The van der Waals surface area contributed by atoms with Crippen molar-refractivity contribution in [3.05, 3.63) is 85.5 Å². The van der Waals surface area contributed by atoms with E-state index in [1.807, 2.05) is 48.8 Å². The molecule has 0 aromatic carbocycles. The Kier molecular flexibility index (Phi) is 15.4. The Morgan fingerprint density at radius 1 is 0.488 bits per heavy atom. The molecule has 0 radical (unpaired) electrons. The van der Waals surface area contributed by atoms with E-state index < -0.39 is 35.4 Å². The van der Waals surface area contributed by atoms with Gasteiger partial charge in [-0.25, -0.2) is 0 Å². The van der Waals surface area contributed by atoms with E-state index in [9.17, 15) is 0 Å². The molecule has 9 heteroatoms. The van der Waals surface area contributed by atoms with Crippen LogP contribution >= 0.6 is 0 Å². The third kappa shape index (κ3) is 11.1. The summed E-state index contributed by atoms with van der Waals surface area (Å²) in [5, 5.41) is 2.93. The molecule has 0 fully saturated rings. The average molecular weight is 676 g/mol. The summed E-state index contributed by atoms with van der Waals surface area (Å²) in [5.41, 5.74) is 6.88. The normalized spacial score (nSPS) is 11.2. The Balaban J connectivity index is 0.000000262. The van der Waals surface area contributed by atoms with Gasteiger partial charge in [0.25, 0.3) is 0 Å². The van der Waals surface area contributed by atoms with E-state index >= 15 is 0 Å². The van der Waals surface area contributed by atoms with Crippen molar-refractivity contribution >= 4 is 28.0 Å². The Labute approximate surface area is 258 Å². The van der Waals surface area contributed by atoms with Gasteiger partial charge in [0, 0.05) is 24.8 Å². The Morgan fingerprint density at radius 3 is 1.02 bits per heavy atom. The van der Waals surface area contributed by atoms with Crippen LogP contribution in [0, 0.1) is 0 Å². The zero-order valence-electron chi connectivity index (χ0n) is 25.6. The zero-order valence-corrected chi connectivity index (χ0v) is 29.6. The van der Waals surface area contributed by atoms with Gasteiger partial charge in [-0.15, -0.1) is 0 Å². The second kappa shape index (κ2) is 18.2. The average Bonchev–Trinajstić information content (AvgIpc) is 2.95. The molecule has 0 saturated carbocycles. The van der Waals surface area contributed by atoms with Crippen LogP contribution in [0.25, 0.3) is 22.8 Å². The van der Waals surface area contributed by atoms with E-state index in [0.717, 1.165) is 44.9 Å². The van der Waals surface area contributed by atoms with Crippen molar-refractivity contribution in [1.82, 2.24) is 19.9 Å². The molecule has 0 unspecified atom stereocenters. The molecule has 0 bridgehead atoms. The van der Waals surface area contributed by atoms with Crippen molar-refractivity contribution in [1.29, 1.82) is 0 Å². The molecule has 0 atom stereocenters. The molecule has 4 aromatic heterocycles. The van der Waals surface area contributed by atoms with Crippen LogP contribution in [0.4, 0.5) is 0 Å². The summed E-state index contributed by atoms with van der Waals surface area (Å²) in [7, 11) is -1.87. The van der Waals surface area contributed by atoms with E-state index in [2.05, 4.69) is 112 Å². The van der Waals surface area contributed by atoms with E-state index in [0.29, 0.717) is 0 Å². The number of aromatic nitrogens is 4. The van der Waals surface area contributed by atoms with Crippen molar-refractivity contribution < 1.29 is 25.7 Å². The molecule has 4 aromatic rings. The molecule has 6 nitrogen and oxygen atoms in total. The van der Waals surface area contributed by atoms with Crippen molar-refractivity contribution in [2.24, 2.45) is 0 Å². The fourth-order valence-corrected chi connectivity index (χ4v) is 12.9. The van der Waals surface area contributed by atoms with Crippen LogP contribution < -0.4 is 10.4 Å². The van der Waals surface area contributed by atoms with E-state index in [1.54, 1.807) is 0 Å². The van der Waals surface area contributed by atoms with E-state index in [1.165, 1.54) is 10.4 Å². The molecular formula is C32H46N4O2RuSi2. The van der Waals surface area contributed by atoms with Crippen LogP contribution in [-0.2, 0) is 17.8 Å². The molecule has 0 aliphatic rings. The Morgan fingerprint density at radius 2 is 0.805 bits per heavy atom. The molecule has 4 heterocycles. The number of nitrogens with zero attached hydrogens (tertiary/aromatic N) is 4. The number of pyridine rings is 4. The molecule has 0 aliphatic carbocycles. The van der Waals surface area contributed by atoms with E-state index in [-0.39, 0.29) is 0 Å². The third-order valence-corrected chi connectivity index (χ3v) is 15.0. The van der Waals surface area contributed by atoms with Crippen LogP contribution in [-0.4, -0.2) is 45.4 Å². The van der Waals surface area contributed by atoms with Gasteiger partial charge in [-0.2, -0.15) is 0 Å². The predicted molar refractivity (Wildman–Crippen MR) is 173 cm³/mol. The van der Waals surface area contributed by atoms with Crippen LogP contribution in [0.2, 0.25) is 22.2 Å². The van der Waals surface area contributed by atoms with Crippen LogP contribution in [0.3, 0.4) is 0 Å². The third-order valence-electron chi connectivity index (χ3n) is 7.07. The van der Waals surface area contributed by atoms with Gasteiger partial charge < -0.3 is 0 Å². The molecule has 2 N–H and O–H groups in total. The van der Waals surface area contributed by atoms with Gasteiger partial charge in [-0.05, 0) is 68.9 Å². The van der Waals surface area contributed by atoms with Crippen LogP contribution in [0.1, 0.15) is 55.4 Å². The summed E-state index contributed by atoms with van der Waals surface area (Å²) in [6.07, 6.45) is 7.76. The van der Waals surface area contributed by atoms with Crippen molar-refractivity contribution in [3.8, 4) is 22.8 Å². The van der Waals surface area contributed by atoms with Crippen molar-refractivity contribution in [2.75, 3.05) is 0 Å². The van der Waals surface area contributed by atoms with Gasteiger partial charge in [0.05, 0.1) is 40.4 Å². The molecule has 4 rings (SSSR count). The number of rotatable bonds is 8. The van der Waals surface area contributed by atoms with Crippen LogP contribution in [0.5, 0.6) is 0 Å². The Bertz CT molecular complexity index is 1130. The van der Waals surface area contributed by atoms with Gasteiger partial charge in [0.1, 0.15) is 0 Å². The minimum absolute atomic E-state index is 0.766. The summed E-state index contributed by atoms with van der Waals surface area (Å²) in [6, 6.07) is 20.6. The topological polar surface area (TPSA) is 92.0 Å². The first-order chi connectivity index (χ1) is 19.6. The number of hydrogen-bond acceptors (Lipinski definition) is 6. The van der Waals surface area contributed by atoms with Gasteiger partial charge in [0.15, 0.2) is 0 Å². The summed E-state index contributed by atoms with van der Waals surface area (Å²) >= 11 is -1.29. The van der Waals surface area contributed by atoms with Crippen LogP contribution in [0.15, 0.2) is 85.5 Å². The quantitative estimate of drug-likeness (QED) is 0.234. The maximum absolute atomic E-state index is 7.22. The summed E-state index contributed by atoms with van der Waals surface area (Å²) in [6.45, 7) is 18.7. The monoisotopic (exact) mass is 676 g/mol. The van der Waals surface area contributed by atoms with Gasteiger partial charge in [0.2, 0.25) is 0 Å². The van der Waals surface area contributed by atoms with Crippen molar-refractivity contribution in [3.63, 3.8) is 0 Å². The first-order valence-electron chi connectivity index (χ1n) is 14.2. The second-order valence-corrected chi connectivity index (χ2v) is 20.6. The predicted octanol–water partition coefficient (Wildman–Crippen LogP) is 5.68. The summed E-state index contributed by atoms with van der Waals surface area (Å²) in [5.74, 6) is 0. The fraction of sp³-hybridized carbons (Fsp3) is 0.375. The van der Waals surface area contributed by atoms with Gasteiger partial charge in [-0.3, -0.25) is 19.9 Å². The van der Waals surface area contributed by atoms with Gasteiger partial charge >= 0.3 is 25.7 Å². The minimum atomic E-state index is -1.29. The molecule has 0 amide bonds. The number of hydrogen-bond donors (Lipinski definition) is 2. The zero-order chi connectivity index (χ0) is 30.4. The molecular weight excluding hydrogens is 630 g/mol. The summed E-state index contributed by atoms with van der Waals surface area (Å²) < 4.78 is 14.4. The standard InChI is InChI=1S/2C16H22N2Si.2H2O.Ru/c2*1-12(2)19(13(3)4)14-8-9-16(18-11-14)15-7-5-6-10-17-15;;;/h2*5-13,19H,1-4H3;2*1H2;/q;;;;+2/p-2. The molecule has 0 aliphatic heterocycles. The second-order valence-electron chi connectivity index (χ2n) is 11.5. The first kappa shape index (κ1) is 34.8. The van der Waals surface area contributed by atoms with E-state index in [4.69, 9.17) is 7.87 Å².